The van der Waals surface area contributed by atoms with E-state index in [1.165, 1.54) is 32.6 Å². The highest BCUT2D eigenvalue weighted by molar-refractivity contribution is 6.16. The zero-order chi connectivity index (χ0) is 36.6. The molecule has 0 saturated heterocycles. The van der Waals surface area contributed by atoms with E-state index in [9.17, 15) is 0 Å². The summed E-state index contributed by atoms with van der Waals surface area (Å²) >= 11 is 0. The molecule has 0 radical (unpaired) electrons. The Hall–Kier alpha value is -7.86. The maximum Gasteiger partial charge on any atom is 0.211 e. The number of hydrogen-bond donors (Lipinski definition) is 0. The highest BCUT2D eigenvalue weighted by Crippen LogP contribution is 2.42. The van der Waals surface area contributed by atoms with E-state index in [2.05, 4.69) is 163 Å². The first kappa shape index (κ1) is 30.7. The van der Waals surface area contributed by atoms with Gasteiger partial charge in [0, 0.05) is 32.6 Å². The molecule has 0 unspecified atom stereocenters. The third kappa shape index (κ3) is 4.45. The van der Waals surface area contributed by atoms with Crippen LogP contribution in [-0.2, 0) is 0 Å². The van der Waals surface area contributed by atoms with Crippen molar-refractivity contribution in [3.8, 4) is 28.2 Å². The fourth-order valence-electron chi connectivity index (χ4n) is 8.74. The monoisotopic (exact) mass is 699 g/mol. The largest absolute Gasteiger partial charge is 0.319 e. The van der Waals surface area contributed by atoms with Crippen LogP contribution in [0.4, 0.5) is 11.4 Å². The van der Waals surface area contributed by atoms with Gasteiger partial charge in [-0.2, -0.15) is 0 Å². The number of aromatic nitrogens is 3. The third-order valence-corrected chi connectivity index (χ3v) is 11.1. The topological polar surface area (TPSA) is 23.5 Å². The number of benzene rings is 8. The van der Waals surface area contributed by atoms with Crippen LogP contribution in [0.5, 0.6) is 0 Å². The van der Waals surface area contributed by atoms with Crippen LogP contribution >= 0.6 is 0 Å². The van der Waals surface area contributed by atoms with Crippen LogP contribution in [0.1, 0.15) is 0 Å². The molecule has 0 bridgehead atoms. The molecule has 8 aromatic carbocycles. The molecule has 0 aliphatic rings. The average molecular weight is 700 g/mol. The maximum absolute atomic E-state index is 8.31. The molecule has 254 valence electrons. The molecular weight excluding hydrogens is 671 g/mol. The van der Waals surface area contributed by atoms with E-state index >= 15 is 0 Å². The second-order valence-corrected chi connectivity index (χ2v) is 13.9. The smallest absolute Gasteiger partial charge is 0.211 e. The number of nitrogens with zero attached hydrogens (tertiary/aromatic N) is 5. The molecule has 0 saturated carbocycles. The Morgan fingerprint density at radius 2 is 0.891 bits per heavy atom. The van der Waals surface area contributed by atoms with Crippen molar-refractivity contribution in [2.75, 3.05) is 0 Å². The SMILES string of the molecule is [C-]#[N+]c1ccc2c(c1)c1ccccc1n2-c1ccc(-c2cccc(-n3c4ccccc4c4c(-n5c6ccccc6c6ccccc65)cccc43)c2)cc1[N+]#[C-]. The van der Waals surface area contributed by atoms with E-state index in [1.807, 2.05) is 36.4 Å². The molecule has 11 aromatic rings. The Labute approximate surface area is 316 Å². The molecule has 3 aromatic heterocycles. The van der Waals surface area contributed by atoms with Gasteiger partial charge in [-0.1, -0.05) is 103 Å². The van der Waals surface area contributed by atoms with Crippen LogP contribution in [0, 0.1) is 13.1 Å². The second-order valence-electron chi connectivity index (χ2n) is 13.9. The minimum absolute atomic E-state index is 0.562. The van der Waals surface area contributed by atoms with Crippen molar-refractivity contribution in [3.63, 3.8) is 0 Å². The van der Waals surface area contributed by atoms with Gasteiger partial charge in [0.15, 0.2) is 5.69 Å². The molecule has 55 heavy (non-hydrogen) atoms. The Balaban J connectivity index is 1.09. The van der Waals surface area contributed by atoms with Crippen molar-refractivity contribution in [1.29, 1.82) is 0 Å². The highest BCUT2D eigenvalue weighted by atomic mass is 15.0. The lowest BCUT2D eigenvalue weighted by Gasteiger charge is -2.14. The van der Waals surface area contributed by atoms with E-state index in [4.69, 9.17) is 13.1 Å². The van der Waals surface area contributed by atoms with Crippen LogP contribution in [-0.4, -0.2) is 13.7 Å². The van der Waals surface area contributed by atoms with Gasteiger partial charge >= 0.3 is 0 Å². The predicted molar refractivity (Wildman–Crippen MR) is 227 cm³/mol. The molecule has 0 fully saturated rings. The van der Waals surface area contributed by atoms with Crippen molar-refractivity contribution in [1.82, 2.24) is 13.7 Å². The molecule has 5 heteroatoms. The lowest BCUT2D eigenvalue weighted by Crippen LogP contribution is -1.97. The van der Waals surface area contributed by atoms with Crippen LogP contribution in [0.25, 0.3) is 103 Å². The van der Waals surface area contributed by atoms with E-state index in [-0.39, 0.29) is 0 Å². The van der Waals surface area contributed by atoms with E-state index < -0.39 is 0 Å². The van der Waals surface area contributed by atoms with Crippen LogP contribution in [0.3, 0.4) is 0 Å². The predicted octanol–water partition coefficient (Wildman–Crippen LogP) is 13.7. The molecule has 0 atom stereocenters. The second kappa shape index (κ2) is 11.8. The Kier molecular flexibility index (Phi) is 6.61. The quantitative estimate of drug-likeness (QED) is 0.163. The van der Waals surface area contributed by atoms with Gasteiger partial charge in [-0.05, 0) is 89.3 Å². The summed E-state index contributed by atoms with van der Waals surface area (Å²) in [5.74, 6) is 0. The molecule has 3 heterocycles. The van der Waals surface area contributed by atoms with Crippen molar-refractivity contribution < 1.29 is 0 Å². The first-order chi connectivity index (χ1) is 27.2. The standard InChI is InChI=1S/C50H29N5/c1-51-34-26-28-46-40(31-34)38-17-5-9-21-44(38)54(46)47-27-25-33(30-41(47)52-2)32-13-11-14-35(29-32)53-45-22-10-6-18-39(45)50-48(53)23-12-24-49(50)55-42-19-7-3-15-36(42)37-16-4-8-20-43(37)55/h3-31H. The first-order valence-corrected chi connectivity index (χ1v) is 18.3. The van der Waals surface area contributed by atoms with E-state index in [0.29, 0.717) is 11.4 Å². The summed E-state index contributed by atoms with van der Waals surface area (Å²) in [6, 6.07) is 61.4. The van der Waals surface area contributed by atoms with Crippen LogP contribution in [0.15, 0.2) is 176 Å². The summed E-state index contributed by atoms with van der Waals surface area (Å²) in [5, 5.41) is 6.93. The van der Waals surface area contributed by atoms with Crippen LogP contribution in [0.2, 0.25) is 0 Å². The number of para-hydroxylation sites is 4. The first-order valence-electron chi connectivity index (χ1n) is 18.3. The van der Waals surface area contributed by atoms with Gasteiger partial charge in [-0.3, -0.25) is 0 Å². The molecule has 0 amide bonds. The maximum atomic E-state index is 8.31. The zero-order valence-electron chi connectivity index (χ0n) is 29.5. The number of hydrogen-bond acceptors (Lipinski definition) is 0. The minimum Gasteiger partial charge on any atom is -0.319 e. The average Bonchev–Trinajstić information content (AvgIpc) is 3.89. The minimum atomic E-state index is 0.562. The molecular formula is C50H29N5. The van der Waals surface area contributed by atoms with Crippen molar-refractivity contribution in [2.45, 2.75) is 0 Å². The number of rotatable bonds is 4. The van der Waals surface area contributed by atoms with Gasteiger partial charge in [-0.25, -0.2) is 9.69 Å². The van der Waals surface area contributed by atoms with Crippen LogP contribution < -0.4 is 0 Å². The summed E-state index contributed by atoms with van der Waals surface area (Å²) in [6.07, 6.45) is 0. The van der Waals surface area contributed by atoms with Gasteiger partial charge in [0.25, 0.3) is 0 Å². The normalized spacial score (nSPS) is 11.6. The van der Waals surface area contributed by atoms with E-state index in [0.717, 1.165) is 61.0 Å². The van der Waals surface area contributed by atoms with Gasteiger partial charge in [0.2, 0.25) is 5.69 Å². The van der Waals surface area contributed by atoms with Crippen molar-refractivity contribution >= 4 is 76.8 Å². The summed E-state index contributed by atoms with van der Waals surface area (Å²) in [7, 11) is 0. The molecule has 0 aliphatic carbocycles. The lowest BCUT2D eigenvalue weighted by atomic mass is 10.0. The van der Waals surface area contributed by atoms with Crippen molar-refractivity contribution in [2.24, 2.45) is 0 Å². The third-order valence-electron chi connectivity index (χ3n) is 11.1. The molecule has 0 N–H and O–H groups in total. The van der Waals surface area contributed by atoms with Gasteiger partial charge in [-0.15, -0.1) is 0 Å². The van der Waals surface area contributed by atoms with E-state index in [1.54, 1.807) is 0 Å². The van der Waals surface area contributed by atoms with Gasteiger partial charge < -0.3 is 13.7 Å². The fourth-order valence-corrected chi connectivity index (χ4v) is 8.74. The zero-order valence-corrected chi connectivity index (χ0v) is 29.5. The van der Waals surface area contributed by atoms with Gasteiger partial charge in [0.1, 0.15) is 0 Å². The Morgan fingerprint density at radius 1 is 0.345 bits per heavy atom. The summed E-state index contributed by atoms with van der Waals surface area (Å²) in [6.45, 7) is 15.9. The summed E-state index contributed by atoms with van der Waals surface area (Å²) in [4.78, 5) is 7.74. The van der Waals surface area contributed by atoms with Gasteiger partial charge in [0.05, 0.1) is 57.6 Å². The van der Waals surface area contributed by atoms with Crippen molar-refractivity contribution in [3.05, 3.63) is 199 Å². The summed E-state index contributed by atoms with van der Waals surface area (Å²) < 4.78 is 6.93. The highest BCUT2D eigenvalue weighted by Gasteiger charge is 2.20. The summed E-state index contributed by atoms with van der Waals surface area (Å²) in [5.41, 5.74) is 12.8. The fraction of sp³-hybridized carbons (Fsp3) is 0. The number of fused-ring (bicyclic) bond motifs is 9. The molecule has 5 nitrogen and oxygen atoms in total. The Morgan fingerprint density at radius 3 is 1.56 bits per heavy atom. The molecule has 0 aliphatic heterocycles. The Bertz CT molecular complexity index is 3420. The lowest BCUT2D eigenvalue weighted by molar-refractivity contribution is 1.17. The molecule has 11 rings (SSSR count). The molecule has 0 spiro atoms.